The lowest BCUT2D eigenvalue weighted by Gasteiger charge is -2.22. The van der Waals surface area contributed by atoms with Gasteiger partial charge in [0.05, 0.1) is 12.9 Å². The highest BCUT2D eigenvalue weighted by atomic mass is 31.2. The van der Waals surface area contributed by atoms with Crippen molar-refractivity contribution >= 4 is 30.6 Å². The summed E-state index contributed by atoms with van der Waals surface area (Å²) in [6.07, 6.45) is 22.7. The van der Waals surface area contributed by atoms with E-state index in [0.717, 1.165) is 38.5 Å². The molecule has 5 atom stereocenters. The molecule has 1 amide bonds. The van der Waals surface area contributed by atoms with Crippen LogP contribution in [-0.2, 0) is 18.6 Å². The molecular weight excluding hydrogens is 716 g/mol. The first kappa shape index (κ1) is 42.2. The summed E-state index contributed by atoms with van der Waals surface area (Å²) in [5.74, 6) is -0.0977. The zero-order chi connectivity index (χ0) is 38.6. The van der Waals surface area contributed by atoms with Crippen LogP contribution < -0.4 is 20.7 Å². The Morgan fingerprint density at radius 2 is 1.61 bits per heavy atom. The number of para-hydroxylation sites is 1. The van der Waals surface area contributed by atoms with E-state index in [4.69, 9.17) is 19.5 Å². The highest BCUT2D eigenvalue weighted by Crippen LogP contribution is 2.45. The molecule has 16 heteroatoms. The number of anilines is 1. The highest BCUT2D eigenvalue weighted by Gasteiger charge is 2.45. The minimum absolute atomic E-state index is 0.0394. The van der Waals surface area contributed by atoms with Crippen LogP contribution in [0.3, 0.4) is 0 Å². The number of nitrogen functional groups attached to an aromatic ring is 1. The maximum Gasteiger partial charge on any atom is 0.458 e. The van der Waals surface area contributed by atoms with Crippen LogP contribution in [0.2, 0.25) is 0 Å². The number of imidazole rings is 1. The Balaban J connectivity index is 1.16. The lowest BCUT2D eigenvalue weighted by atomic mass is 10.1. The number of carbonyl (C=O) groups excluding carboxylic acids is 1. The van der Waals surface area contributed by atoms with Crippen molar-refractivity contribution in [3.05, 3.63) is 103 Å². The van der Waals surface area contributed by atoms with Gasteiger partial charge in [0.1, 0.15) is 24.1 Å². The number of hydrogen-bond donors (Lipinski definition) is 5. The number of unbranched alkanes of at least 4 members (excludes halogenated alkanes) is 1. The number of aromatic nitrogens is 4. The second-order valence-electron chi connectivity index (χ2n) is 12.3. The van der Waals surface area contributed by atoms with Crippen molar-refractivity contribution < 1.29 is 37.7 Å². The molecule has 6 N–H and O–H groups in total. The van der Waals surface area contributed by atoms with Crippen LogP contribution in [0.5, 0.6) is 5.75 Å². The van der Waals surface area contributed by atoms with E-state index >= 15 is 0 Å². The Morgan fingerprint density at radius 1 is 0.963 bits per heavy atom. The van der Waals surface area contributed by atoms with Gasteiger partial charge in [-0.1, -0.05) is 85.9 Å². The van der Waals surface area contributed by atoms with Crippen LogP contribution in [-0.4, -0.2) is 73.6 Å². The van der Waals surface area contributed by atoms with E-state index in [2.05, 4.69) is 93.0 Å². The van der Waals surface area contributed by atoms with Crippen LogP contribution in [0.1, 0.15) is 64.5 Å². The van der Waals surface area contributed by atoms with Crippen LogP contribution in [0.4, 0.5) is 10.2 Å². The van der Waals surface area contributed by atoms with Crippen LogP contribution in [0.25, 0.3) is 11.2 Å². The van der Waals surface area contributed by atoms with Crippen molar-refractivity contribution in [3.63, 3.8) is 0 Å². The molecule has 0 aliphatic carbocycles. The Bertz CT molecular complexity index is 1800. The van der Waals surface area contributed by atoms with E-state index in [-0.39, 0.29) is 41.7 Å². The molecule has 0 radical (unpaired) electrons. The number of aliphatic hydroxyl groups is 2. The lowest BCUT2D eigenvalue weighted by Crippen LogP contribution is -2.35. The number of carbonyl (C=O) groups is 1. The lowest BCUT2D eigenvalue weighted by molar-refractivity contribution is -0.121. The van der Waals surface area contributed by atoms with Gasteiger partial charge in [0, 0.05) is 19.5 Å². The number of benzene rings is 1. The fourth-order valence-electron chi connectivity index (χ4n) is 5.32. The number of aliphatic hydroxyl groups excluding tert-OH is 2. The quantitative estimate of drug-likeness (QED) is 0.0327. The molecule has 0 spiro atoms. The molecule has 1 saturated heterocycles. The molecule has 1 aliphatic rings. The number of nitrogens with one attached hydrogen (secondary N) is 2. The van der Waals surface area contributed by atoms with E-state index in [0.29, 0.717) is 12.8 Å². The number of rotatable bonds is 23. The molecule has 3 aromatic rings. The third-order valence-electron chi connectivity index (χ3n) is 8.09. The first-order valence-corrected chi connectivity index (χ1v) is 19.7. The Morgan fingerprint density at radius 3 is 2.28 bits per heavy atom. The average molecular weight is 768 g/mol. The van der Waals surface area contributed by atoms with E-state index < -0.39 is 45.0 Å². The zero-order valence-electron chi connectivity index (χ0n) is 30.5. The summed E-state index contributed by atoms with van der Waals surface area (Å²) in [6.45, 7) is 1.85. The van der Waals surface area contributed by atoms with Gasteiger partial charge in [0.25, 0.3) is 0 Å². The Kier molecular flexibility index (Phi) is 17.7. The second kappa shape index (κ2) is 22.7. The molecule has 1 aromatic carbocycles. The second-order valence-corrected chi connectivity index (χ2v) is 14.1. The van der Waals surface area contributed by atoms with Crippen LogP contribution >= 0.6 is 7.75 Å². The van der Waals surface area contributed by atoms with Crippen LogP contribution in [0, 0.1) is 6.08 Å². The Hall–Kier alpha value is -4.50. The van der Waals surface area contributed by atoms with E-state index in [1.54, 1.807) is 30.3 Å². The fraction of sp³-hybridized carbons (Fsp3) is 0.421. The van der Waals surface area contributed by atoms with Crippen LogP contribution in [0.15, 0.2) is 97.4 Å². The number of amides is 1. The maximum atomic E-state index is 13.9. The first-order valence-electron chi connectivity index (χ1n) is 18.1. The van der Waals surface area contributed by atoms with Crippen molar-refractivity contribution in [2.75, 3.05) is 25.4 Å². The normalized spacial score (nSPS) is 20.4. The molecule has 3 heterocycles. The molecule has 1 fully saturated rings. The van der Waals surface area contributed by atoms with Gasteiger partial charge in [0.15, 0.2) is 23.2 Å². The smallest absolute Gasteiger partial charge is 0.413 e. The molecule has 1 aliphatic heterocycles. The number of hydrogen-bond acceptors (Lipinski definition) is 11. The van der Waals surface area contributed by atoms with Gasteiger partial charge >= 0.3 is 13.8 Å². The fourth-order valence-corrected chi connectivity index (χ4v) is 6.66. The first-order chi connectivity index (χ1) is 26.2. The van der Waals surface area contributed by atoms with Gasteiger partial charge in [-0.3, -0.25) is 13.9 Å². The molecule has 0 bridgehead atoms. The van der Waals surface area contributed by atoms with Crippen molar-refractivity contribution in [2.45, 2.75) is 82.8 Å². The summed E-state index contributed by atoms with van der Waals surface area (Å²) in [6, 6.07) is 8.33. The number of fused-ring (bicyclic) bond motifs is 1. The van der Waals surface area contributed by atoms with E-state index in [9.17, 15) is 24.0 Å². The number of allylic oxidation sites excluding steroid dienone is 10. The summed E-state index contributed by atoms with van der Waals surface area (Å²) in [5, 5.41) is 27.0. The zero-order valence-corrected chi connectivity index (χ0v) is 31.3. The van der Waals surface area contributed by atoms with Gasteiger partial charge in [-0.25, -0.2) is 14.6 Å². The molecular formula is C38H51FN7O7P. The highest BCUT2D eigenvalue weighted by molar-refractivity contribution is 7.52. The summed E-state index contributed by atoms with van der Waals surface area (Å²) in [5.41, 5.74) is 5.77. The van der Waals surface area contributed by atoms with Gasteiger partial charge < -0.3 is 30.5 Å². The van der Waals surface area contributed by atoms with Gasteiger partial charge in [0.2, 0.25) is 5.91 Å². The molecule has 0 saturated carbocycles. The monoisotopic (exact) mass is 767 g/mol. The van der Waals surface area contributed by atoms with E-state index in [1.165, 1.54) is 10.9 Å². The van der Waals surface area contributed by atoms with Crippen molar-refractivity contribution in [1.82, 2.24) is 29.9 Å². The largest absolute Gasteiger partial charge is 0.458 e. The van der Waals surface area contributed by atoms with Gasteiger partial charge in [-0.05, 0) is 57.1 Å². The number of ether oxygens (including phenoxy) is 1. The third kappa shape index (κ3) is 13.7. The molecule has 2 unspecified atom stereocenters. The molecule has 14 nitrogen and oxygen atoms in total. The topological polar surface area (TPSA) is 196 Å². The molecule has 4 rings (SSSR count). The molecule has 54 heavy (non-hydrogen) atoms. The van der Waals surface area contributed by atoms with Crippen molar-refractivity contribution in [3.8, 4) is 5.75 Å². The SMILES string of the molecule is CC/C=C\C/C=C\C/C=C\C/C=C\C/C=C\CCCC(=O)NCCNP(=O)(OC[C@H]1OC(n2cnc3c(N)nc(F)nc32)[C@@H](O)[C@@H]1O)Oc1ccccc1. The van der Waals surface area contributed by atoms with Gasteiger partial charge in [-0.2, -0.15) is 14.4 Å². The minimum atomic E-state index is -4.09. The summed E-state index contributed by atoms with van der Waals surface area (Å²) in [7, 11) is -4.09. The van der Waals surface area contributed by atoms with Crippen molar-refractivity contribution in [2.24, 2.45) is 0 Å². The molecule has 2 aromatic heterocycles. The maximum absolute atomic E-state index is 13.9. The average Bonchev–Trinajstić information content (AvgIpc) is 3.70. The molecule has 292 valence electrons. The van der Waals surface area contributed by atoms with Crippen molar-refractivity contribution in [1.29, 1.82) is 0 Å². The summed E-state index contributed by atoms with van der Waals surface area (Å²) in [4.78, 5) is 23.6. The third-order valence-corrected chi connectivity index (χ3v) is 9.65. The number of nitrogens with two attached hydrogens (primary N) is 1. The minimum Gasteiger partial charge on any atom is -0.413 e. The predicted octanol–water partition coefficient (Wildman–Crippen LogP) is 6.00. The summed E-state index contributed by atoms with van der Waals surface area (Å²) >= 11 is 0. The predicted molar refractivity (Wildman–Crippen MR) is 206 cm³/mol. The Labute approximate surface area is 315 Å². The standard InChI is InChI=1S/C38H51FN7O7P/c1-2-3-4-5-6-7-8-9-10-11-12-13-14-15-16-17-21-24-31(47)41-25-26-43-54(50,53-29-22-19-18-20-23-29)51-27-30-33(48)34(49)37(52-30)46-28-42-32-35(40)44-38(39)45-36(32)46/h3-4,6-7,9-10,12-13,15-16,18-20,22-23,28,30,33-34,37,48-49H,2,5,8,11,14,17,21,24-27H2,1H3,(H,41,47)(H,43,50)(H2,40,44,45)/b4-3-,7-6-,10-9-,13-12-,16-15-/t30-,33-,34+,37?,54?/m1/s1. The number of halogens is 1. The van der Waals surface area contributed by atoms with E-state index in [1.807, 2.05) is 0 Å². The summed E-state index contributed by atoms with van der Waals surface area (Å²) < 4.78 is 46.1. The number of nitrogens with zero attached hydrogens (tertiary/aromatic N) is 4. The van der Waals surface area contributed by atoms with Gasteiger partial charge in [-0.15, -0.1) is 0 Å².